The summed E-state index contributed by atoms with van der Waals surface area (Å²) in [5, 5.41) is 15.0. The van der Waals surface area contributed by atoms with Gasteiger partial charge in [-0.15, -0.1) is 0 Å². The molecule has 1 aliphatic rings. The molecule has 3 rings (SSSR count). The quantitative estimate of drug-likeness (QED) is 0.420. The molecule has 10 heteroatoms. The molecule has 32 heavy (non-hydrogen) atoms. The van der Waals surface area contributed by atoms with Gasteiger partial charge in [0.15, 0.2) is 0 Å². The van der Waals surface area contributed by atoms with Crippen LogP contribution in [-0.4, -0.2) is 55.3 Å². The van der Waals surface area contributed by atoms with Gasteiger partial charge in [0, 0.05) is 24.3 Å². The highest BCUT2D eigenvalue weighted by molar-refractivity contribution is 7.89. The van der Waals surface area contributed by atoms with E-state index >= 15 is 0 Å². The van der Waals surface area contributed by atoms with Gasteiger partial charge in [0.25, 0.3) is 5.91 Å². The van der Waals surface area contributed by atoms with Gasteiger partial charge in [0.2, 0.25) is 10.0 Å². The number of rotatable bonds is 10. The summed E-state index contributed by atoms with van der Waals surface area (Å²) in [7, 11) is -3.71. The van der Waals surface area contributed by atoms with Crippen molar-refractivity contribution in [2.45, 2.75) is 38.6 Å². The third-order valence-corrected chi connectivity index (χ3v) is 6.71. The lowest BCUT2D eigenvalue weighted by Gasteiger charge is -2.17. The van der Waals surface area contributed by atoms with Gasteiger partial charge < -0.3 is 15.7 Å². The second-order valence-electron chi connectivity index (χ2n) is 7.66. The van der Waals surface area contributed by atoms with Crippen molar-refractivity contribution in [1.29, 1.82) is 0 Å². The lowest BCUT2D eigenvalue weighted by molar-refractivity contribution is -0.138. The monoisotopic (exact) mass is 460 g/mol. The normalized spacial score (nSPS) is 14.2. The molecule has 0 fully saturated rings. The van der Waals surface area contributed by atoms with E-state index in [1.165, 1.54) is 12.5 Å². The van der Waals surface area contributed by atoms with E-state index in [1.807, 2.05) is 12.1 Å². The molecule has 1 aliphatic heterocycles. The van der Waals surface area contributed by atoms with E-state index in [-0.39, 0.29) is 12.3 Å². The van der Waals surface area contributed by atoms with Crippen LogP contribution in [0.4, 0.5) is 5.82 Å². The smallest absolute Gasteiger partial charge is 0.323 e. The van der Waals surface area contributed by atoms with Crippen molar-refractivity contribution in [3.63, 3.8) is 0 Å². The summed E-state index contributed by atoms with van der Waals surface area (Å²) in [4.78, 5) is 28.3. The number of carboxylic acid groups (broad SMARTS) is 1. The Kier molecular flexibility index (Phi) is 7.81. The largest absolute Gasteiger partial charge is 0.480 e. The number of hydrogen-bond acceptors (Lipinski definition) is 6. The van der Waals surface area contributed by atoms with Gasteiger partial charge in [-0.05, 0) is 61.9 Å². The van der Waals surface area contributed by atoms with E-state index in [4.69, 9.17) is 0 Å². The molecule has 1 aromatic heterocycles. The van der Waals surface area contributed by atoms with Crippen LogP contribution < -0.4 is 15.4 Å². The Hall–Kier alpha value is -2.98. The van der Waals surface area contributed by atoms with Gasteiger partial charge in [-0.1, -0.05) is 18.2 Å². The molecule has 0 aliphatic carbocycles. The minimum absolute atomic E-state index is 0.246. The van der Waals surface area contributed by atoms with Gasteiger partial charge in [0.05, 0.1) is 5.75 Å². The predicted molar refractivity (Wildman–Crippen MR) is 121 cm³/mol. The zero-order valence-corrected chi connectivity index (χ0v) is 18.7. The number of benzene rings is 1. The molecule has 0 spiro atoms. The molecule has 4 N–H and O–H groups in total. The van der Waals surface area contributed by atoms with Crippen molar-refractivity contribution in [3.05, 3.63) is 58.8 Å². The number of fused-ring (bicyclic) bond motifs is 1. The molecule has 0 saturated carbocycles. The summed E-state index contributed by atoms with van der Waals surface area (Å²) < 4.78 is 25.3. The maximum atomic E-state index is 12.3. The molecule has 2 aromatic rings. The fourth-order valence-electron chi connectivity index (χ4n) is 3.38. The average Bonchev–Trinajstić information content (AvgIpc) is 2.80. The fourth-order valence-corrected chi connectivity index (χ4v) is 4.16. The topological polar surface area (TPSA) is 137 Å². The Morgan fingerprint density at radius 2 is 1.91 bits per heavy atom. The Morgan fingerprint density at radius 3 is 2.59 bits per heavy atom. The highest BCUT2D eigenvalue weighted by Gasteiger charge is 2.23. The molecule has 1 amide bonds. The van der Waals surface area contributed by atoms with Crippen molar-refractivity contribution >= 4 is 27.7 Å². The lowest BCUT2D eigenvalue weighted by atomic mass is 10.0. The van der Waals surface area contributed by atoms with Crippen molar-refractivity contribution < 1.29 is 23.1 Å². The third kappa shape index (κ3) is 6.51. The number of pyridine rings is 1. The Morgan fingerprint density at radius 1 is 1.16 bits per heavy atom. The van der Waals surface area contributed by atoms with Crippen LogP contribution in [0.3, 0.4) is 0 Å². The Labute approximate surface area is 187 Å². The Bertz CT molecular complexity index is 1070. The molecular formula is C22H28N4O5S. The number of hydrogen-bond donors (Lipinski definition) is 4. The van der Waals surface area contributed by atoms with Gasteiger partial charge in [-0.25, -0.2) is 13.4 Å². The number of aromatic nitrogens is 1. The molecule has 1 aromatic carbocycles. The molecule has 1 unspecified atom stereocenters. The van der Waals surface area contributed by atoms with Crippen LogP contribution in [0.5, 0.6) is 0 Å². The van der Waals surface area contributed by atoms with Crippen molar-refractivity contribution in [2.24, 2.45) is 0 Å². The summed E-state index contributed by atoms with van der Waals surface area (Å²) >= 11 is 0. The van der Waals surface area contributed by atoms with E-state index in [2.05, 4.69) is 32.5 Å². The highest BCUT2D eigenvalue weighted by atomic mass is 32.2. The van der Waals surface area contributed by atoms with Gasteiger partial charge in [-0.3, -0.25) is 9.59 Å². The molecule has 0 radical (unpaired) electrons. The molecule has 172 valence electrons. The molecule has 2 heterocycles. The van der Waals surface area contributed by atoms with Crippen LogP contribution in [-0.2, 0) is 34.1 Å². The van der Waals surface area contributed by atoms with Crippen LogP contribution in [0, 0.1) is 0 Å². The molecule has 0 saturated heterocycles. The van der Waals surface area contributed by atoms with Crippen LogP contribution >= 0.6 is 0 Å². The first kappa shape index (κ1) is 23.7. The minimum atomic E-state index is -3.71. The SMILES string of the molecule is CCS(=O)(=O)NC(CNC(=O)c1ccc(CCc2ccc3c(n2)NCCC3)cc1)C(=O)O. The summed E-state index contributed by atoms with van der Waals surface area (Å²) in [6.45, 7) is 2.00. The number of anilines is 1. The lowest BCUT2D eigenvalue weighted by Crippen LogP contribution is -2.48. The summed E-state index contributed by atoms with van der Waals surface area (Å²) in [6, 6.07) is 9.78. The van der Waals surface area contributed by atoms with Crippen LogP contribution in [0.15, 0.2) is 36.4 Å². The van der Waals surface area contributed by atoms with Crippen molar-refractivity contribution in [2.75, 3.05) is 24.2 Å². The number of carboxylic acids is 1. The summed E-state index contributed by atoms with van der Waals surface area (Å²) in [5.41, 5.74) is 3.68. The zero-order valence-electron chi connectivity index (χ0n) is 17.9. The maximum absolute atomic E-state index is 12.3. The first-order valence-electron chi connectivity index (χ1n) is 10.6. The van der Waals surface area contributed by atoms with Crippen LogP contribution in [0.2, 0.25) is 0 Å². The van der Waals surface area contributed by atoms with E-state index in [0.717, 1.165) is 49.3 Å². The van der Waals surface area contributed by atoms with E-state index in [1.54, 1.807) is 12.1 Å². The van der Waals surface area contributed by atoms with Gasteiger partial charge in [-0.2, -0.15) is 4.72 Å². The summed E-state index contributed by atoms with van der Waals surface area (Å²) in [5.74, 6) is -1.10. The number of carbonyl (C=O) groups excluding carboxylic acids is 1. The molecule has 9 nitrogen and oxygen atoms in total. The molecule has 0 bridgehead atoms. The minimum Gasteiger partial charge on any atom is -0.480 e. The first-order chi connectivity index (χ1) is 15.3. The van der Waals surface area contributed by atoms with Crippen LogP contribution in [0.25, 0.3) is 0 Å². The number of amides is 1. The van der Waals surface area contributed by atoms with E-state index in [0.29, 0.717) is 5.56 Å². The Balaban J connectivity index is 1.53. The van der Waals surface area contributed by atoms with Crippen molar-refractivity contribution in [1.82, 2.24) is 15.0 Å². The summed E-state index contributed by atoms with van der Waals surface area (Å²) in [6.07, 6.45) is 3.72. The second-order valence-corrected chi connectivity index (χ2v) is 9.70. The maximum Gasteiger partial charge on any atom is 0.323 e. The number of sulfonamides is 1. The molecular weight excluding hydrogens is 432 g/mol. The number of aryl methyl sites for hydroxylation is 3. The van der Waals surface area contributed by atoms with E-state index in [9.17, 15) is 23.1 Å². The zero-order chi connectivity index (χ0) is 23.1. The van der Waals surface area contributed by atoms with Crippen LogP contribution in [0.1, 0.15) is 40.5 Å². The number of aliphatic carboxylic acids is 1. The number of carbonyl (C=O) groups is 2. The van der Waals surface area contributed by atoms with E-state index < -0.39 is 27.9 Å². The molecule has 1 atom stereocenters. The number of nitrogens with one attached hydrogen (secondary N) is 3. The average molecular weight is 461 g/mol. The number of nitrogens with zero attached hydrogens (tertiary/aromatic N) is 1. The van der Waals surface area contributed by atoms with Crippen molar-refractivity contribution in [3.8, 4) is 0 Å². The standard InChI is InChI=1S/C22H28N4O5S/c1-2-32(30,31)26-19(22(28)29)14-24-21(27)17-8-5-15(6-9-17)7-11-18-12-10-16-4-3-13-23-20(16)25-18/h5-6,8-10,12,19,26H,2-4,7,11,13-14H2,1H3,(H,23,25)(H,24,27)(H,28,29). The highest BCUT2D eigenvalue weighted by Crippen LogP contribution is 2.20. The fraction of sp³-hybridized carbons (Fsp3) is 0.409. The third-order valence-electron chi connectivity index (χ3n) is 5.30. The first-order valence-corrected chi connectivity index (χ1v) is 12.2. The van der Waals surface area contributed by atoms with Gasteiger partial charge in [0.1, 0.15) is 11.9 Å². The van der Waals surface area contributed by atoms with Gasteiger partial charge >= 0.3 is 5.97 Å². The second kappa shape index (κ2) is 10.6. The predicted octanol–water partition coefficient (Wildman–Crippen LogP) is 1.35.